The highest BCUT2D eigenvalue weighted by atomic mass is 32.1. The lowest BCUT2D eigenvalue weighted by atomic mass is 10.3. The zero-order valence-corrected chi connectivity index (χ0v) is 10.4. The first-order chi connectivity index (χ1) is 7.78. The van der Waals surface area contributed by atoms with Crippen LogP contribution in [0.2, 0.25) is 0 Å². The van der Waals surface area contributed by atoms with Crippen LogP contribution < -0.4 is 5.32 Å². The van der Waals surface area contributed by atoms with E-state index >= 15 is 0 Å². The number of nitrogens with zero attached hydrogens (tertiary/aromatic N) is 1. The van der Waals surface area contributed by atoms with Crippen molar-refractivity contribution in [2.24, 2.45) is 0 Å². The molecule has 2 aromatic heterocycles. The maximum absolute atomic E-state index is 5.60. The second-order valence-corrected chi connectivity index (χ2v) is 5.01. The highest BCUT2D eigenvalue weighted by Gasteiger charge is 2.01. The van der Waals surface area contributed by atoms with E-state index in [9.17, 15) is 0 Å². The second kappa shape index (κ2) is 5.27. The van der Waals surface area contributed by atoms with Gasteiger partial charge in [0.1, 0.15) is 16.5 Å². The van der Waals surface area contributed by atoms with Crippen LogP contribution in [0.5, 0.6) is 0 Å². The molecule has 0 saturated carbocycles. The number of hydrogen-bond donors (Lipinski definition) is 1. The second-order valence-electron chi connectivity index (χ2n) is 3.69. The molecule has 2 aromatic rings. The Hall–Kier alpha value is -1.13. The van der Waals surface area contributed by atoms with Gasteiger partial charge in [-0.05, 0) is 19.1 Å². The molecule has 0 radical (unpaired) electrons. The molecule has 16 heavy (non-hydrogen) atoms. The van der Waals surface area contributed by atoms with Crippen molar-refractivity contribution < 1.29 is 4.42 Å². The van der Waals surface area contributed by atoms with Gasteiger partial charge in [-0.15, -0.1) is 11.3 Å². The summed E-state index contributed by atoms with van der Waals surface area (Å²) in [6.45, 7) is 5.73. The number of furan rings is 1. The van der Waals surface area contributed by atoms with E-state index in [0.717, 1.165) is 36.0 Å². The van der Waals surface area contributed by atoms with E-state index in [1.165, 1.54) is 4.88 Å². The topological polar surface area (TPSA) is 38.1 Å². The third kappa shape index (κ3) is 2.93. The summed E-state index contributed by atoms with van der Waals surface area (Å²) < 4.78 is 5.60. The molecule has 0 fully saturated rings. The van der Waals surface area contributed by atoms with Crippen LogP contribution in [0.15, 0.2) is 22.7 Å². The Kier molecular flexibility index (Phi) is 3.74. The summed E-state index contributed by atoms with van der Waals surface area (Å²) in [4.78, 5) is 5.55. The van der Waals surface area contributed by atoms with Crippen LogP contribution in [-0.4, -0.2) is 4.98 Å². The van der Waals surface area contributed by atoms with Gasteiger partial charge in [0.05, 0.1) is 6.54 Å². The Balaban J connectivity index is 1.79. The molecule has 0 saturated heterocycles. The monoisotopic (exact) mass is 236 g/mol. The van der Waals surface area contributed by atoms with Gasteiger partial charge in [-0.3, -0.25) is 0 Å². The van der Waals surface area contributed by atoms with Crippen LogP contribution >= 0.6 is 11.3 Å². The molecule has 0 aliphatic heterocycles. The Bertz CT molecular complexity index is 447. The predicted molar refractivity (Wildman–Crippen MR) is 65.5 cm³/mol. The van der Waals surface area contributed by atoms with Crippen molar-refractivity contribution in [3.8, 4) is 0 Å². The summed E-state index contributed by atoms with van der Waals surface area (Å²) in [6.07, 6.45) is 2.86. The Labute approximate surface area is 99.5 Å². The van der Waals surface area contributed by atoms with Crippen molar-refractivity contribution >= 4 is 11.3 Å². The molecule has 0 amide bonds. The van der Waals surface area contributed by atoms with Gasteiger partial charge in [0.15, 0.2) is 0 Å². The fourth-order valence-corrected chi connectivity index (χ4v) is 2.24. The third-order valence-electron chi connectivity index (χ3n) is 2.31. The Morgan fingerprint density at radius 2 is 2.12 bits per heavy atom. The maximum atomic E-state index is 5.60. The fourth-order valence-electron chi connectivity index (χ4n) is 1.48. The van der Waals surface area contributed by atoms with Crippen molar-refractivity contribution in [1.29, 1.82) is 0 Å². The first-order valence-electron chi connectivity index (χ1n) is 5.47. The van der Waals surface area contributed by atoms with Crippen molar-refractivity contribution in [3.05, 3.63) is 39.7 Å². The van der Waals surface area contributed by atoms with Crippen LogP contribution in [0.3, 0.4) is 0 Å². The normalized spacial score (nSPS) is 10.9. The van der Waals surface area contributed by atoms with Gasteiger partial charge >= 0.3 is 0 Å². The molecule has 0 spiro atoms. The summed E-state index contributed by atoms with van der Waals surface area (Å²) >= 11 is 1.73. The van der Waals surface area contributed by atoms with Gasteiger partial charge in [-0.1, -0.05) is 6.92 Å². The molecule has 0 aliphatic carbocycles. The average Bonchev–Trinajstić information content (AvgIpc) is 2.88. The zero-order valence-electron chi connectivity index (χ0n) is 9.62. The summed E-state index contributed by atoms with van der Waals surface area (Å²) in [5.74, 6) is 2.03. The molecule has 2 heterocycles. The standard InChI is InChI=1S/C12H16N2OS/c1-3-10-4-5-11(15-10)7-13-8-12-14-6-9(2)16-12/h4-6,13H,3,7-8H2,1-2H3. The minimum atomic E-state index is 0.763. The minimum absolute atomic E-state index is 0.763. The molecule has 0 aromatic carbocycles. The molecular formula is C12H16N2OS. The quantitative estimate of drug-likeness (QED) is 0.867. The van der Waals surface area contributed by atoms with Gasteiger partial charge in [-0.25, -0.2) is 4.98 Å². The van der Waals surface area contributed by atoms with Gasteiger partial charge in [0.25, 0.3) is 0 Å². The van der Waals surface area contributed by atoms with Crippen LogP contribution in [0, 0.1) is 6.92 Å². The molecular weight excluding hydrogens is 220 g/mol. The number of rotatable bonds is 5. The van der Waals surface area contributed by atoms with Crippen molar-refractivity contribution in [2.75, 3.05) is 0 Å². The van der Waals surface area contributed by atoms with Crippen LogP contribution in [0.1, 0.15) is 28.3 Å². The summed E-state index contributed by atoms with van der Waals surface area (Å²) in [6, 6.07) is 4.06. The smallest absolute Gasteiger partial charge is 0.117 e. The molecule has 0 atom stereocenters. The third-order valence-corrected chi connectivity index (χ3v) is 3.22. The average molecular weight is 236 g/mol. The first-order valence-corrected chi connectivity index (χ1v) is 6.29. The number of aromatic nitrogens is 1. The fraction of sp³-hybridized carbons (Fsp3) is 0.417. The van der Waals surface area contributed by atoms with Crippen LogP contribution in [0.25, 0.3) is 0 Å². The van der Waals surface area contributed by atoms with Crippen molar-refractivity contribution in [3.63, 3.8) is 0 Å². The molecule has 2 rings (SSSR count). The minimum Gasteiger partial charge on any atom is -0.465 e. The SMILES string of the molecule is CCc1ccc(CNCc2ncc(C)s2)o1. The molecule has 0 unspecified atom stereocenters. The summed E-state index contributed by atoms with van der Waals surface area (Å²) in [7, 11) is 0. The summed E-state index contributed by atoms with van der Waals surface area (Å²) in [5, 5.41) is 4.45. The van der Waals surface area contributed by atoms with E-state index in [1.54, 1.807) is 11.3 Å². The maximum Gasteiger partial charge on any atom is 0.117 e. The van der Waals surface area contributed by atoms with Gasteiger partial charge < -0.3 is 9.73 Å². The molecule has 3 nitrogen and oxygen atoms in total. The van der Waals surface area contributed by atoms with E-state index in [4.69, 9.17) is 4.42 Å². The van der Waals surface area contributed by atoms with E-state index < -0.39 is 0 Å². The highest BCUT2D eigenvalue weighted by Crippen LogP contribution is 2.11. The Morgan fingerprint density at radius 3 is 2.75 bits per heavy atom. The number of hydrogen-bond acceptors (Lipinski definition) is 4. The van der Waals surface area contributed by atoms with E-state index in [1.807, 2.05) is 18.3 Å². The molecule has 4 heteroatoms. The van der Waals surface area contributed by atoms with Crippen molar-refractivity contribution in [2.45, 2.75) is 33.4 Å². The lowest BCUT2D eigenvalue weighted by Crippen LogP contribution is -2.11. The first kappa shape index (κ1) is 11.4. The van der Waals surface area contributed by atoms with Gasteiger partial charge in [-0.2, -0.15) is 0 Å². The Morgan fingerprint density at radius 1 is 1.31 bits per heavy atom. The van der Waals surface area contributed by atoms with E-state index in [2.05, 4.69) is 24.1 Å². The van der Waals surface area contributed by atoms with E-state index in [-0.39, 0.29) is 0 Å². The van der Waals surface area contributed by atoms with Gasteiger partial charge in [0, 0.05) is 24.0 Å². The van der Waals surface area contributed by atoms with E-state index in [0.29, 0.717) is 0 Å². The molecule has 86 valence electrons. The van der Waals surface area contributed by atoms with Gasteiger partial charge in [0.2, 0.25) is 0 Å². The number of thiazole rings is 1. The molecule has 1 N–H and O–H groups in total. The number of aryl methyl sites for hydroxylation is 2. The summed E-state index contributed by atoms with van der Waals surface area (Å²) in [5.41, 5.74) is 0. The lowest BCUT2D eigenvalue weighted by Gasteiger charge is -1.99. The predicted octanol–water partition coefficient (Wildman–Crippen LogP) is 2.90. The molecule has 0 bridgehead atoms. The van der Waals surface area contributed by atoms with Crippen molar-refractivity contribution in [1.82, 2.24) is 10.3 Å². The number of nitrogens with one attached hydrogen (secondary N) is 1. The van der Waals surface area contributed by atoms with Crippen LogP contribution in [-0.2, 0) is 19.5 Å². The lowest BCUT2D eigenvalue weighted by molar-refractivity contribution is 0.450. The molecule has 0 aliphatic rings. The highest BCUT2D eigenvalue weighted by molar-refractivity contribution is 7.11. The largest absolute Gasteiger partial charge is 0.465 e. The van der Waals surface area contributed by atoms with Crippen LogP contribution in [0.4, 0.5) is 0 Å². The zero-order chi connectivity index (χ0) is 11.4.